The monoisotopic (exact) mass is 830 g/mol. The van der Waals surface area contributed by atoms with E-state index < -0.39 is 0 Å². The Morgan fingerprint density at radius 2 is 1.25 bits per heavy atom. The summed E-state index contributed by atoms with van der Waals surface area (Å²) >= 11 is 0. The number of para-hydroxylation sites is 2. The molecule has 0 aliphatic heterocycles. The zero-order valence-corrected chi connectivity index (χ0v) is 38.6. The first kappa shape index (κ1) is 44.0. The van der Waals surface area contributed by atoms with Crippen molar-refractivity contribution in [2.45, 2.75) is 79.1 Å². The maximum atomic E-state index is 2.43. The molecule has 1 aromatic heterocycles. The Bertz CT molecular complexity index is 2920. The van der Waals surface area contributed by atoms with Gasteiger partial charge in [0, 0.05) is 16.5 Å². The van der Waals surface area contributed by atoms with E-state index in [0.29, 0.717) is 11.8 Å². The molecule has 2 atom stereocenters. The lowest BCUT2D eigenvalue weighted by atomic mass is 9.60. The highest BCUT2D eigenvalue weighted by molar-refractivity contribution is 6.62. The van der Waals surface area contributed by atoms with Gasteiger partial charge in [0.2, 0.25) is 0 Å². The number of aromatic nitrogens is 1. The lowest BCUT2D eigenvalue weighted by molar-refractivity contribution is 0.537. The third kappa shape index (κ3) is 9.93. The van der Waals surface area contributed by atoms with E-state index in [4.69, 9.17) is 0 Å². The van der Waals surface area contributed by atoms with E-state index in [1.165, 1.54) is 94.1 Å². The van der Waals surface area contributed by atoms with Crippen LogP contribution in [0.3, 0.4) is 0 Å². The zero-order valence-electron chi connectivity index (χ0n) is 38.6. The van der Waals surface area contributed by atoms with Gasteiger partial charge in [0.05, 0.1) is 11.0 Å². The Kier molecular flexibility index (Phi) is 14.2. The highest BCUT2D eigenvalue weighted by Crippen LogP contribution is 2.39. The fraction of sp³-hybridized carbons (Fsp3) is 0.194. The van der Waals surface area contributed by atoms with Crippen LogP contribution >= 0.6 is 0 Å². The van der Waals surface area contributed by atoms with E-state index in [1.54, 1.807) is 0 Å². The second-order valence-electron chi connectivity index (χ2n) is 17.5. The highest BCUT2D eigenvalue weighted by atomic mass is 15.0. The molecule has 8 aromatic rings. The maximum absolute atomic E-state index is 2.43. The smallest absolute Gasteiger partial charge is 0.186 e. The van der Waals surface area contributed by atoms with Crippen LogP contribution in [-0.4, -0.2) is 11.8 Å². The van der Waals surface area contributed by atoms with Crippen molar-refractivity contribution in [3.8, 4) is 16.8 Å². The van der Waals surface area contributed by atoms with Crippen LogP contribution in [0.25, 0.3) is 49.8 Å². The molecule has 0 saturated heterocycles. The van der Waals surface area contributed by atoms with Crippen molar-refractivity contribution in [3.63, 3.8) is 0 Å². The number of rotatable bonds is 16. The van der Waals surface area contributed by atoms with Crippen molar-refractivity contribution >= 4 is 45.7 Å². The first-order valence-electron chi connectivity index (χ1n) is 23.3. The lowest BCUT2D eigenvalue weighted by Crippen LogP contribution is -2.22. The Labute approximate surface area is 383 Å². The summed E-state index contributed by atoms with van der Waals surface area (Å²) in [5.41, 5.74) is 19.2. The van der Waals surface area contributed by atoms with Gasteiger partial charge in [-0.3, -0.25) is 0 Å². The quantitative estimate of drug-likeness (QED) is 0.0675. The molecular weight excluding hydrogens is 770 g/mol. The van der Waals surface area contributed by atoms with Crippen LogP contribution in [-0.2, 0) is 0 Å². The largest absolute Gasteiger partial charge is 0.309 e. The van der Waals surface area contributed by atoms with Crippen molar-refractivity contribution < 1.29 is 0 Å². The molecule has 1 radical (unpaired) electrons. The summed E-state index contributed by atoms with van der Waals surface area (Å²) in [6.45, 7) is 13.6. The van der Waals surface area contributed by atoms with Crippen LogP contribution in [0.1, 0.15) is 98.6 Å². The average molecular weight is 831 g/mol. The van der Waals surface area contributed by atoms with Crippen LogP contribution < -0.4 is 5.46 Å². The minimum atomic E-state index is 0.437. The molecule has 0 aliphatic carbocycles. The van der Waals surface area contributed by atoms with E-state index in [9.17, 15) is 0 Å². The normalized spacial score (nSPS) is 13.5. The fourth-order valence-electron chi connectivity index (χ4n) is 9.63. The van der Waals surface area contributed by atoms with E-state index in [1.807, 2.05) is 0 Å². The van der Waals surface area contributed by atoms with Crippen LogP contribution in [0.2, 0.25) is 0 Å². The Hall–Kier alpha value is -6.64. The summed E-state index contributed by atoms with van der Waals surface area (Å²) in [4.78, 5) is 0. The van der Waals surface area contributed by atoms with Crippen LogP contribution in [0.5, 0.6) is 0 Å². The number of nitrogens with zero attached hydrogens (tertiary/aromatic N) is 1. The number of hydrogen-bond donors (Lipinski definition) is 0. The third-order valence-electron chi connectivity index (χ3n) is 13.1. The van der Waals surface area contributed by atoms with Crippen LogP contribution in [0, 0.1) is 13.8 Å². The van der Waals surface area contributed by atoms with Crippen LogP contribution in [0.15, 0.2) is 206 Å². The molecule has 0 saturated carbocycles. The molecule has 0 amide bonds. The molecule has 8 rings (SSSR count). The van der Waals surface area contributed by atoms with E-state index >= 15 is 0 Å². The lowest BCUT2D eigenvalue weighted by Gasteiger charge is -2.20. The van der Waals surface area contributed by atoms with Gasteiger partial charge in [0.25, 0.3) is 0 Å². The second-order valence-corrected chi connectivity index (χ2v) is 17.5. The molecule has 64 heavy (non-hydrogen) atoms. The molecule has 2 unspecified atom stereocenters. The van der Waals surface area contributed by atoms with Gasteiger partial charge < -0.3 is 4.57 Å². The van der Waals surface area contributed by atoms with Crippen molar-refractivity contribution in [1.82, 2.24) is 4.57 Å². The number of hydrogen-bond acceptors (Lipinski definition) is 0. The van der Waals surface area contributed by atoms with Crippen molar-refractivity contribution in [2.75, 3.05) is 0 Å². The standard InChI is InChI=1S/C62H61BN/c1-7-48(50-24-12-9-13-25-50)23-18-19-28-54(51-26-14-10-15-27-51)43-47(6)63-62-45(4)41-55(42-46(62)5)53-39-37-52(38-40-53)49(8-2)36-35-44(3)57-32-22-34-60-61(57)58-31-20-21-33-59(58)64(60)56-29-16-11-17-30-56/h7,9-18,20-34,37-44,49H,8,19,35-36H2,1-6H3/b23-18-,47-43-,48-7+,54-28+. The molecule has 0 fully saturated rings. The predicted molar refractivity (Wildman–Crippen MR) is 280 cm³/mol. The fourth-order valence-corrected chi connectivity index (χ4v) is 9.63. The zero-order chi connectivity index (χ0) is 44.4. The Morgan fingerprint density at radius 3 is 1.91 bits per heavy atom. The van der Waals surface area contributed by atoms with Gasteiger partial charge in [-0.25, -0.2) is 0 Å². The second kappa shape index (κ2) is 20.7. The first-order chi connectivity index (χ1) is 31.3. The molecule has 7 aromatic carbocycles. The third-order valence-corrected chi connectivity index (χ3v) is 13.1. The molecule has 317 valence electrons. The minimum Gasteiger partial charge on any atom is -0.309 e. The first-order valence-corrected chi connectivity index (χ1v) is 23.3. The van der Waals surface area contributed by atoms with Crippen molar-refractivity contribution in [2.24, 2.45) is 0 Å². The molecule has 0 spiro atoms. The van der Waals surface area contributed by atoms with Crippen molar-refractivity contribution in [1.29, 1.82) is 0 Å². The maximum Gasteiger partial charge on any atom is 0.186 e. The summed E-state index contributed by atoms with van der Waals surface area (Å²) < 4.78 is 2.43. The molecule has 2 heteroatoms. The minimum absolute atomic E-state index is 0.437. The summed E-state index contributed by atoms with van der Waals surface area (Å²) in [6.07, 6.45) is 15.6. The topological polar surface area (TPSA) is 4.93 Å². The Morgan fingerprint density at radius 1 is 0.641 bits per heavy atom. The van der Waals surface area contributed by atoms with Gasteiger partial charge in [-0.15, -0.1) is 5.47 Å². The van der Waals surface area contributed by atoms with E-state index in [2.05, 4.69) is 254 Å². The number of aryl methyl sites for hydroxylation is 2. The van der Waals surface area contributed by atoms with Crippen LogP contribution in [0.4, 0.5) is 0 Å². The Balaban J connectivity index is 0.952. The summed E-state index contributed by atoms with van der Waals surface area (Å²) in [5, 5.41) is 2.73. The number of allylic oxidation sites excluding steroid dienone is 8. The van der Waals surface area contributed by atoms with Gasteiger partial charge in [0.1, 0.15) is 0 Å². The molecular formula is C62H61BN. The van der Waals surface area contributed by atoms with Gasteiger partial charge >= 0.3 is 0 Å². The van der Waals surface area contributed by atoms with Gasteiger partial charge in [-0.1, -0.05) is 213 Å². The molecule has 1 nitrogen and oxygen atoms in total. The van der Waals surface area contributed by atoms with Gasteiger partial charge in [-0.2, -0.15) is 0 Å². The molecule has 1 heterocycles. The average Bonchev–Trinajstić information content (AvgIpc) is 3.68. The molecule has 0 bridgehead atoms. The van der Waals surface area contributed by atoms with E-state index in [0.717, 1.165) is 25.7 Å². The van der Waals surface area contributed by atoms with E-state index in [-0.39, 0.29) is 0 Å². The molecule has 0 N–H and O–H groups in total. The number of benzene rings is 7. The summed E-state index contributed by atoms with van der Waals surface area (Å²) in [6, 6.07) is 62.1. The summed E-state index contributed by atoms with van der Waals surface area (Å²) in [5.74, 6) is 0.953. The highest BCUT2D eigenvalue weighted by Gasteiger charge is 2.20. The predicted octanol–water partition coefficient (Wildman–Crippen LogP) is 16.5. The SMILES string of the molecule is C/C=C(\C=C/C/C=C(\C=C(\C)[B]c1c(C)cc(-c2ccc(C(CC)CCC(C)c3cccc4c3c3ccccc3n4-c3ccccc3)cc2)cc1C)c1ccccc1)c1ccccc1. The van der Waals surface area contributed by atoms with Gasteiger partial charge in [0.15, 0.2) is 7.28 Å². The molecule has 0 aliphatic rings. The van der Waals surface area contributed by atoms with Crippen molar-refractivity contribution in [3.05, 3.63) is 239 Å². The van der Waals surface area contributed by atoms with Gasteiger partial charge in [-0.05, 0) is 127 Å². The number of fused-ring (bicyclic) bond motifs is 3. The summed E-state index contributed by atoms with van der Waals surface area (Å²) in [7, 11) is 2.35.